The Labute approximate surface area is 148 Å². The standard InChI is InChI=1S/C17H19NO2.CH4O3S/c18-10-11-19-15-7-9-17-14(12-15)6-8-16(20-17)13-4-2-1-3-5-13;1-5(2,3)4/h1-5,7,9,12,16H,6,8,10-11,18H2;1H3,(H,2,3,4). The molecule has 0 saturated carbocycles. The lowest BCUT2D eigenvalue weighted by molar-refractivity contribution is 0.176. The zero-order valence-corrected chi connectivity index (χ0v) is 14.9. The van der Waals surface area contributed by atoms with Crippen LogP contribution in [-0.4, -0.2) is 32.4 Å². The largest absolute Gasteiger partial charge is 0.492 e. The summed E-state index contributed by atoms with van der Waals surface area (Å²) in [5.41, 5.74) is 7.90. The second kappa shape index (κ2) is 8.84. The molecule has 6 nitrogen and oxygen atoms in total. The summed E-state index contributed by atoms with van der Waals surface area (Å²) in [4.78, 5) is 0. The van der Waals surface area contributed by atoms with E-state index in [0.29, 0.717) is 19.4 Å². The molecule has 7 heteroatoms. The highest BCUT2D eigenvalue weighted by atomic mass is 32.2. The van der Waals surface area contributed by atoms with Crippen LogP contribution in [0, 0.1) is 0 Å². The minimum absolute atomic E-state index is 0.152. The molecule has 0 amide bonds. The first kappa shape index (κ1) is 19.2. The van der Waals surface area contributed by atoms with E-state index in [1.165, 1.54) is 11.1 Å². The highest BCUT2D eigenvalue weighted by molar-refractivity contribution is 7.85. The van der Waals surface area contributed by atoms with Crippen molar-refractivity contribution in [2.45, 2.75) is 18.9 Å². The fourth-order valence-corrected chi connectivity index (χ4v) is 2.53. The van der Waals surface area contributed by atoms with Gasteiger partial charge >= 0.3 is 0 Å². The van der Waals surface area contributed by atoms with E-state index in [2.05, 4.69) is 30.3 Å². The van der Waals surface area contributed by atoms with E-state index in [0.717, 1.165) is 24.3 Å². The SMILES string of the molecule is CS(=O)(=O)O.NCCOc1ccc2c(c1)CCC(c1ccccc1)O2. The van der Waals surface area contributed by atoms with Crippen LogP contribution in [0.3, 0.4) is 0 Å². The molecule has 3 N–H and O–H groups in total. The Balaban J connectivity index is 0.000000399. The van der Waals surface area contributed by atoms with E-state index in [1.54, 1.807) is 0 Å². The molecule has 1 heterocycles. The first-order valence-electron chi connectivity index (χ1n) is 7.96. The van der Waals surface area contributed by atoms with Gasteiger partial charge in [0.25, 0.3) is 10.1 Å². The van der Waals surface area contributed by atoms with Crippen LogP contribution in [0.2, 0.25) is 0 Å². The fraction of sp³-hybridized carbons (Fsp3) is 0.333. The molecule has 25 heavy (non-hydrogen) atoms. The molecule has 1 atom stereocenters. The van der Waals surface area contributed by atoms with Gasteiger partial charge in [0.15, 0.2) is 0 Å². The predicted octanol–water partition coefficient (Wildman–Crippen LogP) is 2.59. The van der Waals surface area contributed by atoms with Gasteiger partial charge in [-0.05, 0) is 42.2 Å². The average Bonchev–Trinajstić information content (AvgIpc) is 2.58. The van der Waals surface area contributed by atoms with E-state index in [1.807, 2.05) is 18.2 Å². The molecule has 0 aliphatic carbocycles. The third-order valence-corrected chi connectivity index (χ3v) is 3.53. The Bertz CT molecular complexity index is 769. The van der Waals surface area contributed by atoms with Crippen LogP contribution in [0.25, 0.3) is 0 Å². The fourth-order valence-electron chi connectivity index (χ4n) is 2.53. The maximum absolute atomic E-state index is 9.19. The summed E-state index contributed by atoms with van der Waals surface area (Å²) < 4.78 is 37.5. The first-order chi connectivity index (χ1) is 11.9. The van der Waals surface area contributed by atoms with Gasteiger partial charge in [0.2, 0.25) is 0 Å². The van der Waals surface area contributed by atoms with Crippen molar-refractivity contribution < 1.29 is 22.4 Å². The average molecular weight is 365 g/mol. The Morgan fingerprint density at radius 3 is 2.56 bits per heavy atom. The number of rotatable bonds is 4. The first-order valence-corrected chi connectivity index (χ1v) is 9.81. The van der Waals surface area contributed by atoms with E-state index in [-0.39, 0.29) is 6.10 Å². The zero-order chi connectivity index (χ0) is 18.3. The summed E-state index contributed by atoms with van der Waals surface area (Å²) in [6.07, 6.45) is 2.87. The van der Waals surface area contributed by atoms with Crippen molar-refractivity contribution in [3.8, 4) is 11.5 Å². The molecule has 0 saturated heterocycles. The van der Waals surface area contributed by atoms with Crippen LogP contribution in [-0.2, 0) is 16.5 Å². The monoisotopic (exact) mass is 365 g/mol. The number of fused-ring (bicyclic) bond motifs is 1. The quantitative estimate of drug-likeness (QED) is 0.808. The van der Waals surface area contributed by atoms with Gasteiger partial charge in [0.1, 0.15) is 24.2 Å². The van der Waals surface area contributed by atoms with Crippen molar-refractivity contribution in [3.05, 3.63) is 59.7 Å². The Kier molecular flexibility index (Phi) is 6.81. The molecule has 1 aliphatic heterocycles. The molecular formula is C18H23NO5S. The van der Waals surface area contributed by atoms with Crippen LogP contribution >= 0.6 is 0 Å². The summed E-state index contributed by atoms with van der Waals surface area (Å²) in [6.45, 7) is 1.08. The minimum atomic E-state index is -3.67. The van der Waals surface area contributed by atoms with Gasteiger partial charge in [-0.25, -0.2) is 0 Å². The van der Waals surface area contributed by atoms with E-state index < -0.39 is 10.1 Å². The van der Waals surface area contributed by atoms with Gasteiger partial charge in [0, 0.05) is 6.54 Å². The topological polar surface area (TPSA) is 98.9 Å². The normalized spacial score (nSPS) is 16.0. The molecule has 0 aromatic heterocycles. The molecule has 1 unspecified atom stereocenters. The number of aryl methyl sites for hydroxylation is 1. The maximum atomic E-state index is 9.19. The second-order valence-electron chi connectivity index (χ2n) is 5.70. The van der Waals surface area contributed by atoms with Crippen molar-refractivity contribution in [1.29, 1.82) is 0 Å². The zero-order valence-electron chi connectivity index (χ0n) is 14.1. The summed E-state index contributed by atoms with van der Waals surface area (Å²) in [5, 5.41) is 0. The van der Waals surface area contributed by atoms with Gasteiger partial charge in [-0.3, -0.25) is 4.55 Å². The van der Waals surface area contributed by atoms with Crippen LogP contribution in [0.1, 0.15) is 23.7 Å². The van der Waals surface area contributed by atoms with Crippen molar-refractivity contribution in [2.75, 3.05) is 19.4 Å². The Hall–Kier alpha value is -2.09. The number of hydrogen-bond donors (Lipinski definition) is 2. The minimum Gasteiger partial charge on any atom is -0.492 e. The summed E-state index contributed by atoms with van der Waals surface area (Å²) in [6, 6.07) is 16.4. The van der Waals surface area contributed by atoms with E-state index >= 15 is 0 Å². The van der Waals surface area contributed by atoms with E-state index in [9.17, 15) is 8.42 Å². The third-order valence-electron chi connectivity index (χ3n) is 3.53. The number of ether oxygens (including phenoxy) is 2. The smallest absolute Gasteiger partial charge is 0.261 e. The molecule has 0 fully saturated rings. The lowest BCUT2D eigenvalue weighted by atomic mass is 9.97. The molecule has 0 radical (unpaired) electrons. The number of benzene rings is 2. The highest BCUT2D eigenvalue weighted by Gasteiger charge is 2.21. The molecule has 1 aliphatic rings. The van der Waals surface area contributed by atoms with Gasteiger partial charge < -0.3 is 15.2 Å². The summed E-state index contributed by atoms with van der Waals surface area (Å²) >= 11 is 0. The maximum Gasteiger partial charge on any atom is 0.261 e. The highest BCUT2D eigenvalue weighted by Crippen LogP contribution is 2.36. The Morgan fingerprint density at radius 2 is 1.92 bits per heavy atom. The van der Waals surface area contributed by atoms with Crippen LogP contribution in [0.15, 0.2) is 48.5 Å². The van der Waals surface area contributed by atoms with Gasteiger partial charge in [0.05, 0.1) is 6.26 Å². The van der Waals surface area contributed by atoms with Crippen LogP contribution < -0.4 is 15.2 Å². The van der Waals surface area contributed by atoms with Crippen LogP contribution in [0.5, 0.6) is 11.5 Å². The van der Waals surface area contributed by atoms with Gasteiger partial charge in [-0.1, -0.05) is 30.3 Å². The molecule has 2 aromatic carbocycles. The van der Waals surface area contributed by atoms with Crippen LogP contribution in [0.4, 0.5) is 0 Å². The van der Waals surface area contributed by atoms with Crippen molar-refractivity contribution in [3.63, 3.8) is 0 Å². The molecule has 2 aromatic rings. The van der Waals surface area contributed by atoms with E-state index in [4.69, 9.17) is 19.8 Å². The van der Waals surface area contributed by atoms with Crippen molar-refractivity contribution in [2.24, 2.45) is 5.73 Å². The Morgan fingerprint density at radius 1 is 1.24 bits per heavy atom. The lowest BCUT2D eigenvalue weighted by Gasteiger charge is -2.26. The molecular weight excluding hydrogens is 342 g/mol. The third kappa shape index (κ3) is 6.74. The van der Waals surface area contributed by atoms with Crippen molar-refractivity contribution in [1.82, 2.24) is 0 Å². The van der Waals surface area contributed by atoms with Gasteiger partial charge in [-0.15, -0.1) is 0 Å². The predicted molar refractivity (Wildman–Crippen MR) is 96.6 cm³/mol. The number of nitrogens with two attached hydrogens (primary N) is 1. The lowest BCUT2D eigenvalue weighted by Crippen LogP contribution is -2.15. The number of hydrogen-bond acceptors (Lipinski definition) is 5. The summed E-state index contributed by atoms with van der Waals surface area (Å²) in [5.74, 6) is 1.83. The summed E-state index contributed by atoms with van der Waals surface area (Å²) in [7, 11) is -3.67. The molecule has 0 bridgehead atoms. The molecule has 3 rings (SSSR count). The van der Waals surface area contributed by atoms with Crippen molar-refractivity contribution >= 4 is 10.1 Å². The molecule has 0 spiro atoms. The van der Waals surface area contributed by atoms with Gasteiger partial charge in [-0.2, -0.15) is 8.42 Å². The molecule has 136 valence electrons. The second-order valence-corrected chi connectivity index (χ2v) is 7.16.